The number of rotatable bonds is 2. The van der Waals surface area contributed by atoms with E-state index in [-0.39, 0.29) is 17.5 Å². The molecule has 2 aromatic rings. The third-order valence-corrected chi connectivity index (χ3v) is 3.51. The summed E-state index contributed by atoms with van der Waals surface area (Å²) in [5, 5.41) is 11.6. The zero-order valence-corrected chi connectivity index (χ0v) is 12.5. The number of nitrogens with one attached hydrogen (secondary N) is 1. The molecule has 1 aliphatic rings. The number of aromatic hydroxyl groups is 1. The smallest absolute Gasteiger partial charge is 0.324 e. The van der Waals surface area contributed by atoms with E-state index in [2.05, 4.69) is 20.3 Å². The van der Waals surface area contributed by atoms with Crippen LogP contribution in [0, 0.1) is 11.6 Å². The topological polar surface area (TPSA) is 94.5 Å². The Hall–Kier alpha value is -3.04. The van der Waals surface area contributed by atoms with E-state index in [1.54, 1.807) is 4.90 Å². The molecule has 0 radical (unpaired) electrons. The van der Waals surface area contributed by atoms with E-state index in [1.807, 2.05) is 0 Å². The van der Waals surface area contributed by atoms with Crippen molar-refractivity contribution in [2.45, 2.75) is 0 Å². The van der Waals surface area contributed by atoms with Crippen molar-refractivity contribution in [1.82, 2.24) is 19.9 Å². The summed E-state index contributed by atoms with van der Waals surface area (Å²) in [5.74, 6) is -1.42. The Morgan fingerprint density at radius 2 is 1.75 bits per heavy atom. The number of urea groups is 1. The number of carbonyl (C=O) groups excluding carboxylic acids is 1. The van der Waals surface area contributed by atoms with E-state index >= 15 is 0 Å². The van der Waals surface area contributed by atoms with Crippen LogP contribution >= 0.6 is 0 Å². The minimum absolute atomic E-state index is 0.0679. The first kappa shape index (κ1) is 15.8. The molecule has 0 unspecified atom stereocenters. The Bertz CT molecular complexity index is 735. The first-order valence-electron chi connectivity index (χ1n) is 7.16. The van der Waals surface area contributed by atoms with Crippen LogP contribution in [0.3, 0.4) is 0 Å². The zero-order valence-electron chi connectivity index (χ0n) is 12.5. The highest BCUT2D eigenvalue weighted by Crippen LogP contribution is 2.18. The normalized spacial score (nSPS) is 14.6. The summed E-state index contributed by atoms with van der Waals surface area (Å²) < 4.78 is 26.6. The van der Waals surface area contributed by atoms with Gasteiger partial charge >= 0.3 is 6.03 Å². The van der Waals surface area contributed by atoms with Gasteiger partial charge in [-0.05, 0) is 0 Å². The molecule has 1 fully saturated rings. The average molecular weight is 336 g/mol. The summed E-state index contributed by atoms with van der Waals surface area (Å²) in [5.41, 5.74) is 0. The predicted molar refractivity (Wildman–Crippen MR) is 80.7 cm³/mol. The Balaban J connectivity index is 1.58. The van der Waals surface area contributed by atoms with Crippen molar-refractivity contribution < 1.29 is 18.7 Å². The number of amides is 2. The zero-order chi connectivity index (χ0) is 17.1. The number of hydrogen-bond acceptors (Lipinski definition) is 6. The first-order chi connectivity index (χ1) is 11.5. The number of nitrogens with zero attached hydrogens (tertiary/aromatic N) is 5. The van der Waals surface area contributed by atoms with Crippen LogP contribution < -0.4 is 10.2 Å². The molecule has 126 valence electrons. The minimum atomic E-state index is -0.733. The van der Waals surface area contributed by atoms with Gasteiger partial charge in [0.15, 0.2) is 17.4 Å². The monoisotopic (exact) mass is 336 g/mol. The van der Waals surface area contributed by atoms with Crippen LogP contribution in [0.25, 0.3) is 0 Å². The SMILES string of the molecule is O=C(Nc1ncc(O)cn1)N1CCN(c2ncc(F)cc2F)CC1. The van der Waals surface area contributed by atoms with E-state index in [4.69, 9.17) is 5.11 Å². The van der Waals surface area contributed by atoms with E-state index in [0.717, 1.165) is 12.3 Å². The maximum Gasteiger partial charge on any atom is 0.324 e. The molecule has 0 aromatic carbocycles. The number of aromatic nitrogens is 3. The number of halogens is 2. The quantitative estimate of drug-likeness (QED) is 0.856. The molecule has 24 heavy (non-hydrogen) atoms. The molecule has 0 aliphatic carbocycles. The molecule has 2 N–H and O–H groups in total. The fourth-order valence-electron chi connectivity index (χ4n) is 2.32. The van der Waals surface area contributed by atoms with Gasteiger partial charge in [-0.3, -0.25) is 5.32 Å². The second-order valence-electron chi connectivity index (χ2n) is 5.13. The molecule has 10 heteroatoms. The molecule has 0 bridgehead atoms. The Morgan fingerprint density at radius 1 is 1.08 bits per heavy atom. The summed E-state index contributed by atoms with van der Waals surface area (Å²) in [4.78, 5) is 26.6. The van der Waals surface area contributed by atoms with Crippen molar-refractivity contribution in [2.24, 2.45) is 0 Å². The van der Waals surface area contributed by atoms with Gasteiger partial charge in [-0.2, -0.15) is 0 Å². The van der Waals surface area contributed by atoms with Gasteiger partial charge in [-0.15, -0.1) is 0 Å². The molecule has 3 rings (SSSR count). The summed E-state index contributed by atoms with van der Waals surface area (Å²) in [6, 6.07) is 0.386. The molecular weight excluding hydrogens is 322 g/mol. The van der Waals surface area contributed by atoms with E-state index in [9.17, 15) is 13.6 Å². The third kappa shape index (κ3) is 3.47. The van der Waals surface area contributed by atoms with Gasteiger partial charge < -0.3 is 14.9 Å². The summed E-state index contributed by atoms with van der Waals surface area (Å²) >= 11 is 0. The van der Waals surface area contributed by atoms with Crippen molar-refractivity contribution in [2.75, 3.05) is 36.4 Å². The lowest BCUT2D eigenvalue weighted by molar-refractivity contribution is 0.207. The van der Waals surface area contributed by atoms with E-state index in [1.165, 1.54) is 17.3 Å². The summed E-state index contributed by atoms with van der Waals surface area (Å²) in [6.45, 7) is 1.39. The number of piperazine rings is 1. The lowest BCUT2D eigenvalue weighted by atomic mass is 10.3. The van der Waals surface area contributed by atoms with E-state index < -0.39 is 17.7 Å². The van der Waals surface area contributed by atoms with Gasteiger partial charge in [-0.25, -0.2) is 28.5 Å². The van der Waals surface area contributed by atoms with Crippen LogP contribution in [-0.2, 0) is 0 Å². The second kappa shape index (κ2) is 6.60. The highest BCUT2D eigenvalue weighted by molar-refractivity contribution is 5.87. The lowest BCUT2D eigenvalue weighted by Crippen LogP contribution is -2.50. The van der Waals surface area contributed by atoms with Crippen molar-refractivity contribution >= 4 is 17.8 Å². The maximum absolute atomic E-state index is 13.7. The fourth-order valence-corrected chi connectivity index (χ4v) is 2.32. The van der Waals surface area contributed by atoms with Gasteiger partial charge in [0.25, 0.3) is 0 Å². The molecule has 0 spiro atoms. The van der Waals surface area contributed by atoms with Crippen LogP contribution in [0.2, 0.25) is 0 Å². The van der Waals surface area contributed by atoms with Crippen molar-refractivity contribution in [1.29, 1.82) is 0 Å². The van der Waals surface area contributed by atoms with E-state index in [0.29, 0.717) is 26.2 Å². The molecule has 3 heterocycles. The minimum Gasteiger partial charge on any atom is -0.505 e. The van der Waals surface area contributed by atoms with Crippen molar-refractivity contribution in [3.8, 4) is 5.75 Å². The van der Waals surface area contributed by atoms with Crippen LogP contribution in [0.5, 0.6) is 5.75 Å². The first-order valence-corrected chi connectivity index (χ1v) is 7.16. The molecule has 0 atom stereocenters. The molecule has 0 saturated carbocycles. The van der Waals surface area contributed by atoms with Crippen LogP contribution in [-0.4, -0.2) is 57.2 Å². The number of carbonyl (C=O) groups is 1. The fraction of sp³-hybridized carbons (Fsp3) is 0.286. The van der Waals surface area contributed by atoms with Gasteiger partial charge in [0.1, 0.15) is 5.82 Å². The van der Waals surface area contributed by atoms with Gasteiger partial charge in [0.05, 0.1) is 18.6 Å². The van der Waals surface area contributed by atoms with Crippen LogP contribution in [0.15, 0.2) is 24.7 Å². The predicted octanol–water partition coefficient (Wildman–Crippen LogP) is 1.21. The van der Waals surface area contributed by atoms with Crippen LogP contribution in [0.1, 0.15) is 0 Å². The van der Waals surface area contributed by atoms with Gasteiger partial charge in [-0.1, -0.05) is 0 Å². The summed E-state index contributed by atoms with van der Waals surface area (Å²) in [7, 11) is 0. The highest BCUT2D eigenvalue weighted by Gasteiger charge is 2.24. The third-order valence-electron chi connectivity index (χ3n) is 3.51. The maximum atomic E-state index is 13.7. The number of pyridine rings is 1. The standard InChI is InChI=1S/C14H14F2N6O2/c15-9-5-11(16)12(17-6-9)21-1-3-22(4-2-21)14(24)20-13-18-7-10(23)8-19-13/h5-8,23H,1-4H2,(H,18,19,20,24). The highest BCUT2D eigenvalue weighted by atomic mass is 19.1. The van der Waals surface area contributed by atoms with Crippen molar-refractivity contribution in [3.63, 3.8) is 0 Å². The molecule has 2 aromatic heterocycles. The lowest BCUT2D eigenvalue weighted by Gasteiger charge is -2.35. The largest absolute Gasteiger partial charge is 0.505 e. The van der Waals surface area contributed by atoms with Gasteiger partial charge in [0, 0.05) is 32.2 Å². The molecule has 2 amide bonds. The molecule has 1 saturated heterocycles. The average Bonchev–Trinajstić information content (AvgIpc) is 2.57. The van der Waals surface area contributed by atoms with Gasteiger partial charge in [0.2, 0.25) is 5.95 Å². The second-order valence-corrected chi connectivity index (χ2v) is 5.13. The Morgan fingerprint density at radius 3 is 2.38 bits per heavy atom. The molecule has 8 nitrogen and oxygen atoms in total. The number of anilines is 2. The molecular formula is C14H14F2N6O2. The van der Waals surface area contributed by atoms with Crippen LogP contribution in [0.4, 0.5) is 25.3 Å². The van der Waals surface area contributed by atoms with Crippen molar-refractivity contribution in [3.05, 3.63) is 36.3 Å². The Kier molecular flexibility index (Phi) is 4.36. The number of hydrogen-bond donors (Lipinski definition) is 2. The Labute approximate surface area is 135 Å². The molecule has 1 aliphatic heterocycles. The summed E-state index contributed by atoms with van der Waals surface area (Å²) in [6.07, 6.45) is 3.30.